The number of amides is 1. The number of ether oxygens (including phenoxy) is 1. The van der Waals surface area contributed by atoms with Gasteiger partial charge in [0, 0.05) is 36.2 Å². The Morgan fingerprint density at radius 2 is 2.07 bits per heavy atom. The molecule has 1 spiro atoms. The number of aromatic nitrogens is 3. The van der Waals surface area contributed by atoms with E-state index in [1.165, 1.54) is 5.56 Å². The van der Waals surface area contributed by atoms with Crippen molar-refractivity contribution in [3.05, 3.63) is 59.3 Å². The van der Waals surface area contributed by atoms with Crippen LogP contribution in [0, 0.1) is 6.92 Å². The second kappa shape index (κ2) is 6.79. The molecule has 1 atom stereocenters. The van der Waals surface area contributed by atoms with Gasteiger partial charge < -0.3 is 9.64 Å². The minimum Gasteiger partial charge on any atom is -0.496 e. The van der Waals surface area contributed by atoms with E-state index in [-0.39, 0.29) is 11.3 Å². The SMILES string of the molecule is COc1cc(C(=O)N2CCCC3(CCc4cnc(C)nc43)C2)nc2ccccc12. The number of rotatable bonds is 2. The Morgan fingerprint density at radius 3 is 2.93 bits per heavy atom. The Hall–Kier alpha value is -3.02. The first-order valence-corrected chi connectivity index (χ1v) is 10.2. The van der Waals surface area contributed by atoms with Crippen molar-refractivity contribution < 1.29 is 9.53 Å². The van der Waals surface area contributed by atoms with Gasteiger partial charge in [0.1, 0.15) is 17.3 Å². The molecule has 0 N–H and O–H groups in total. The number of para-hydroxylation sites is 1. The summed E-state index contributed by atoms with van der Waals surface area (Å²) in [5, 5.41) is 0.915. The predicted octanol–water partition coefficient (Wildman–Crippen LogP) is 3.46. The smallest absolute Gasteiger partial charge is 0.272 e. The fraction of sp³-hybridized carbons (Fsp3) is 0.391. The van der Waals surface area contributed by atoms with Crippen LogP contribution in [0.15, 0.2) is 36.5 Å². The zero-order valence-corrected chi connectivity index (χ0v) is 16.8. The second-order valence-electron chi connectivity index (χ2n) is 8.13. The largest absolute Gasteiger partial charge is 0.496 e. The molecule has 1 aliphatic carbocycles. The van der Waals surface area contributed by atoms with Crippen molar-refractivity contribution in [2.75, 3.05) is 20.2 Å². The van der Waals surface area contributed by atoms with Gasteiger partial charge in [-0.15, -0.1) is 0 Å². The van der Waals surface area contributed by atoms with Crippen LogP contribution in [0.2, 0.25) is 0 Å². The maximum Gasteiger partial charge on any atom is 0.272 e. The lowest BCUT2D eigenvalue weighted by molar-refractivity contribution is 0.0627. The lowest BCUT2D eigenvalue weighted by atomic mass is 9.77. The molecule has 2 aliphatic rings. The van der Waals surface area contributed by atoms with Crippen molar-refractivity contribution in [3.8, 4) is 5.75 Å². The highest BCUT2D eigenvalue weighted by molar-refractivity contribution is 5.97. The van der Waals surface area contributed by atoms with E-state index in [2.05, 4.69) is 9.97 Å². The van der Waals surface area contributed by atoms with E-state index in [1.54, 1.807) is 13.2 Å². The number of pyridine rings is 1. The Bertz CT molecular complexity index is 1110. The summed E-state index contributed by atoms with van der Waals surface area (Å²) >= 11 is 0. The number of piperidine rings is 1. The van der Waals surface area contributed by atoms with Crippen molar-refractivity contribution in [1.82, 2.24) is 19.9 Å². The summed E-state index contributed by atoms with van der Waals surface area (Å²) in [6, 6.07) is 9.52. The van der Waals surface area contributed by atoms with Gasteiger partial charge in [-0.05, 0) is 50.3 Å². The van der Waals surface area contributed by atoms with Gasteiger partial charge in [0.15, 0.2) is 0 Å². The van der Waals surface area contributed by atoms with Gasteiger partial charge in [0.25, 0.3) is 5.91 Å². The summed E-state index contributed by atoms with van der Waals surface area (Å²) in [6.07, 6.45) is 6.01. The molecule has 0 saturated carbocycles. The van der Waals surface area contributed by atoms with Crippen LogP contribution >= 0.6 is 0 Å². The Balaban J connectivity index is 1.49. The van der Waals surface area contributed by atoms with Crippen LogP contribution in [0.1, 0.15) is 46.8 Å². The lowest BCUT2D eigenvalue weighted by Crippen LogP contribution is -2.48. The molecule has 1 fully saturated rings. The highest BCUT2D eigenvalue weighted by atomic mass is 16.5. The van der Waals surface area contributed by atoms with Gasteiger partial charge >= 0.3 is 0 Å². The van der Waals surface area contributed by atoms with Crippen LogP contribution in [0.25, 0.3) is 10.9 Å². The van der Waals surface area contributed by atoms with Crippen LogP contribution in [-0.2, 0) is 11.8 Å². The third-order valence-electron chi connectivity index (χ3n) is 6.34. The van der Waals surface area contributed by atoms with Gasteiger partial charge in [-0.1, -0.05) is 12.1 Å². The van der Waals surface area contributed by atoms with Gasteiger partial charge in [0.05, 0.1) is 18.3 Å². The summed E-state index contributed by atoms with van der Waals surface area (Å²) in [5.74, 6) is 1.45. The number of hydrogen-bond acceptors (Lipinski definition) is 5. The Labute approximate surface area is 170 Å². The fourth-order valence-corrected chi connectivity index (χ4v) is 4.92. The Morgan fingerprint density at radius 1 is 1.21 bits per heavy atom. The fourth-order valence-electron chi connectivity index (χ4n) is 4.92. The van der Waals surface area contributed by atoms with E-state index in [1.807, 2.05) is 42.3 Å². The van der Waals surface area contributed by atoms with Crippen molar-refractivity contribution in [1.29, 1.82) is 0 Å². The molecule has 6 nitrogen and oxygen atoms in total. The molecule has 0 bridgehead atoms. The van der Waals surface area contributed by atoms with E-state index in [0.29, 0.717) is 18.0 Å². The molecule has 3 heterocycles. The standard InChI is InChI=1S/C23H24N4O2/c1-15-24-13-16-8-10-23(21(16)25-15)9-5-11-27(14-23)22(28)19-12-20(29-2)17-6-3-4-7-18(17)26-19/h3-4,6-7,12-13H,5,8-11,14H2,1-2H3. The van der Waals surface area contributed by atoms with Gasteiger partial charge in [-0.3, -0.25) is 4.79 Å². The second-order valence-corrected chi connectivity index (χ2v) is 8.13. The summed E-state index contributed by atoms with van der Waals surface area (Å²) in [7, 11) is 1.63. The molecule has 1 unspecified atom stereocenters. The monoisotopic (exact) mass is 388 g/mol. The average Bonchev–Trinajstić information content (AvgIpc) is 3.09. The van der Waals surface area contributed by atoms with Gasteiger partial charge in [0.2, 0.25) is 0 Å². The first kappa shape index (κ1) is 18.0. The zero-order chi connectivity index (χ0) is 20.0. The van der Waals surface area contributed by atoms with Crippen LogP contribution in [-0.4, -0.2) is 46.0 Å². The molecule has 5 rings (SSSR count). The quantitative estimate of drug-likeness (QED) is 0.672. The minimum atomic E-state index is -0.0577. The third-order valence-corrected chi connectivity index (χ3v) is 6.34. The molecule has 1 amide bonds. The van der Waals surface area contributed by atoms with Crippen LogP contribution in [0.5, 0.6) is 5.75 Å². The van der Waals surface area contributed by atoms with E-state index in [0.717, 1.165) is 54.6 Å². The number of methoxy groups -OCH3 is 1. The van der Waals surface area contributed by atoms with Crippen molar-refractivity contribution in [2.45, 2.75) is 38.0 Å². The molecule has 148 valence electrons. The number of aryl methyl sites for hydroxylation is 2. The molecule has 1 aliphatic heterocycles. The highest BCUT2D eigenvalue weighted by Crippen LogP contribution is 2.44. The summed E-state index contributed by atoms with van der Waals surface area (Å²) in [4.78, 5) is 29.1. The topological polar surface area (TPSA) is 68.2 Å². The molecule has 2 aromatic heterocycles. The molecular weight excluding hydrogens is 364 g/mol. The molecule has 1 saturated heterocycles. The van der Waals surface area contributed by atoms with Crippen LogP contribution in [0.4, 0.5) is 0 Å². The minimum absolute atomic E-state index is 0.0349. The van der Waals surface area contributed by atoms with E-state index in [4.69, 9.17) is 9.72 Å². The molecule has 0 radical (unpaired) electrons. The van der Waals surface area contributed by atoms with Crippen molar-refractivity contribution in [3.63, 3.8) is 0 Å². The summed E-state index contributed by atoms with van der Waals surface area (Å²) < 4.78 is 5.53. The number of fused-ring (bicyclic) bond motifs is 3. The number of carbonyl (C=O) groups excluding carboxylic acids is 1. The molecular formula is C23H24N4O2. The molecule has 6 heteroatoms. The number of nitrogens with zero attached hydrogens (tertiary/aromatic N) is 4. The summed E-state index contributed by atoms with van der Waals surface area (Å²) in [5.41, 5.74) is 3.53. The third kappa shape index (κ3) is 2.94. The van der Waals surface area contributed by atoms with E-state index >= 15 is 0 Å². The van der Waals surface area contributed by atoms with Gasteiger partial charge in [-0.25, -0.2) is 15.0 Å². The maximum absolute atomic E-state index is 13.4. The van der Waals surface area contributed by atoms with Crippen LogP contribution in [0.3, 0.4) is 0 Å². The number of likely N-dealkylation sites (tertiary alicyclic amines) is 1. The molecule has 3 aromatic rings. The van der Waals surface area contributed by atoms with Gasteiger partial charge in [-0.2, -0.15) is 0 Å². The summed E-state index contributed by atoms with van der Waals surface area (Å²) in [6.45, 7) is 3.37. The predicted molar refractivity (Wildman–Crippen MR) is 110 cm³/mol. The lowest BCUT2D eigenvalue weighted by Gasteiger charge is -2.40. The first-order chi connectivity index (χ1) is 14.1. The number of carbonyl (C=O) groups is 1. The number of hydrogen-bond donors (Lipinski definition) is 0. The van der Waals surface area contributed by atoms with Crippen molar-refractivity contribution >= 4 is 16.8 Å². The Kier molecular flexibility index (Phi) is 4.23. The van der Waals surface area contributed by atoms with Crippen LogP contribution < -0.4 is 4.74 Å². The zero-order valence-electron chi connectivity index (χ0n) is 16.8. The molecule has 29 heavy (non-hydrogen) atoms. The first-order valence-electron chi connectivity index (χ1n) is 10.2. The van der Waals surface area contributed by atoms with Crippen molar-refractivity contribution in [2.24, 2.45) is 0 Å². The normalized spacial score (nSPS) is 20.8. The van der Waals surface area contributed by atoms with E-state index < -0.39 is 0 Å². The average molecular weight is 388 g/mol. The van der Waals surface area contributed by atoms with E-state index in [9.17, 15) is 4.79 Å². The molecule has 1 aromatic carbocycles. The highest BCUT2D eigenvalue weighted by Gasteiger charge is 2.44. The maximum atomic E-state index is 13.4. The number of benzene rings is 1.